The molecule has 0 heterocycles. The molecule has 6 aliphatic rings. The zero-order valence-electron chi connectivity index (χ0n) is 31.3. The van der Waals surface area contributed by atoms with Crippen molar-refractivity contribution >= 4 is 33.9 Å². The van der Waals surface area contributed by atoms with Crippen LogP contribution in [0.4, 0.5) is 0 Å². The summed E-state index contributed by atoms with van der Waals surface area (Å²) in [5.41, 5.74) is 6.94. The van der Waals surface area contributed by atoms with Gasteiger partial charge in [-0.15, -0.1) is 0 Å². The zero-order chi connectivity index (χ0) is 33.2. The molecule has 6 fully saturated rings. The van der Waals surface area contributed by atoms with E-state index in [0.29, 0.717) is 5.41 Å². The first-order valence-electron chi connectivity index (χ1n) is 21.2. The second kappa shape index (κ2) is 19.8. The fourth-order valence-corrected chi connectivity index (χ4v) is 32.6. The standard InChI is InChI=1S/C42H76P2.2ClH.Ru/c1-42(2,3)34-41(43(35-22-10-4-11-23-35,36-24-12-5-13-25-36)37-26-14-6-15-27-37)44(38-28-16-7-17-29-38,39-30-18-8-19-31-39)40-32-20-9-21-33-40;;;/h34-40H,4-33H2,1-3H3;2*1H;/q+2;;;+2/p-2. The topological polar surface area (TPSA) is 0 Å². The van der Waals surface area contributed by atoms with E-state index in [-0.39, 0.29) is 15.1 Å². The second-order valence-corrected chi connectivity index (χ2v) is 30.0. The molecule has 0 N–H and O–H groups in total. The van der Waals surface area contributed by atoms with Gasteiger partial charge in [0.05, 0.1) is 48.5 Å². The molecule has 0 aliphatic heterocycles. The van der Waals surface area contributed by atoms with Crippen molar-refractivity contribution in [3.05, 3.63) is 11.1 Å². The van der Waals surface area contributed by atoms with Gasteiger partial charge < -0.3 is 0 Å². The molecule has 0 aromatic heterocycles. The quantitative estimate of drug-likeness (QED) is 0.169. The third kappa shape index (κ3) is 9.49. The number of rotatable bonds is 8. The van der Waals surface area contributed by atoms with Gasteiger partial charge in [-0.05, 0) is 166 Å². The van der Waals surface area contributed by atoms with Crippen molar-refractivity contribution in [2.45, 2.75) is 247 Å². The van der Waals surface area contributed by atoms with Crippen LogP contribution in [-0.4, -0.2) is 34.0 Å². The maximum atomic E-state index is 4.85. The Balaban J connectivity index is 0.00000139. The van der Waals surface area contributed by atoms with E-state index in [2.05, 4.69) is 31.9 Å². The first-order chi connectivity index (χ1) is 22.9. The first kappa shape index (κ1) is 40.0. The van der Waals surface area contributed by atoms with Crippen LogP contribution in [0.15, 0.2) is 11.1 Å². The Kier molecular flexibility index (Phi) is 16.8. The van der Waals surface area contributed by atoms with Gasteiger partial charge in [0.1, 0.15) is 0 Å². The molecule has 6 saturated carbocycles. The van der Waals surface area contributed by atoms with Crippen LogP contribution in [0.5, 0.6) is 0 Å². The van der Waals surface area contributed by atoms with Crippen molar-refractivity contribution in [1.29, 1.82) is 0 Å². The third-order valence-electron chi connectivity index (χ3n) is 14.4. The van der Waals surface area contributed by atoms with Crippen LogP contribution >= 0.6 is 33.9 Å². The molecule has 47 heavy (non-hydrogen) atoms. The molecule has 0 spiro atoms. The fourth-order valence-electron chi connectivity index (χ4n) is 12.9. The van der Waals surface area contributed by atoms with Gasteiger partial charge in [0, 0.05) is 0 Å². The van der Waals surface area contributed by atoms with E-state index in [4.69, 9.17) is 19.4 Å². The van der Waals surface area contributed by atoms with E-state index in [1.54, 1.807) is 154 Å². The van der Waals surface area contributed by atoms with E-state index in [9.17, 15) is 0 Å². The SMILES string of the molecule is CC(C)(C)C=C([P+](C1CCCCC1)(C1CCCCC1)C1CCCCC1)[P+](C1CCCCC1)(C1CCCCC1)C1CCCCC1.[Cl][Ru][Cl]. The van der Waals surface area contributed by atoms with Gasteiger partial charge in [0.2, 0.25) is 5.06 Å². The maximum absolute atomic E-state index is 4.85. The summed E-state index contributed by atoms with van der Waals surface area (Å²) in [5.74, 6) is 0. The third-order valence-corrected chi connectivity index (χ3v) is 28.7. The first-order valence-corrected chi connectivity index (χ1v) is 29.7. The zero-order valence-corrected chi connectivity index (χ0v) is 36.3. The average molecular weight is 815 g/mol. The number of hydrogen-bond donors (Lipinski definition) is 0. The molecule has 0 bridgehead atoms. The molecule has 0 aromatic carbocycles. The molecular formula is C42H76Cl2P2Ru+2. The monoisotopic (exact) mass is 814 g/mol. The normalized spacial score (nSPS) is 26.5. The Morgan fingerprint density at radius 3 is 0.723 bits per heavy atom. The minimum absolute atomic E-state index is 0.321. The van der Waals surface area contributed by atoms with Crippen LogP contribution < -0.4 is 0 Å². The van der Waals surface area contributed by atoms with Crippen LogP contribution in [0.25, 0.3) is 0 Å². The number of allylic oxidation sites excluding steroid dienone is 1. The van der Waals surface area contributed by atoms with Gasteiger partial charge >= 0.3 is 34.5 Å². The summed E-state index contributed by atoms with van der Waals surface area (Å²) in [6.45, 7) is 8.00. The van der Waals surface area contributed by atoms with E-state index in [1.807, 2.05) is 0 Å². The predicted octanol–water partition coefficient (Wildman–Crippen LogP) is 16.3. The van der Waals surface area contributed by atoms with Crippen LogP contribution in [0.1, 0.15) is 213 Å². The summed E-state index contributed by atoms with van der Waals surface area (Å²) >= 11 is -0.346. The summed E-state index contributed by atoms with van der Waals surface area (Å²) in [5, 5.41) is 2.45. The van der Waals surface area contributed by atoms with E-state index in [0.717, 1.165) is 34.0 Å². The minimum atomic E-state index is -1.34. The van der Waals surface area contributed by atoms with Crippen molar-refractivity contribution in [2.24, 2.45) is 5.41 Å². The van der Waals surface area contributed by atoms with Crippen LogP contribution in [0, 0.1) is 5.41 Å². The molecular weight excluding hydrogens is 738 g/mol. The Labute approximate surface area is 311 Å². The molecule has 0 atom stereocenters. The van der Waals surface area contributed by atoms with Crippen LogP contribution in [-0.2, 0) is 15.1 Å². The van der Waals surface area contributed by atoms with Crippen molar-refractivity contribution in [2.75, 3.05) is 0 Å². The number of halogens is 2. The summed E-state index contributed by atoms with van der Waals surface area (Å²) in [4.78, 5) is 0. The van der Waals surface area contributed by atoms with E-state index >= 15 is 0 Å². The fraction of sp³-hybridized carbons (Fsp3) is 0.952. The molecule has 5 heteroatoms. The summed E-state index contributed by atoms with van der Waals surface area (Å²) in [6.07, 6.45) is 50.8. The summed E-state index contributed by atoms with van der Waals surface area (Å²) in [7, 11) is 7.03. The van der Waals surface area contributed by atoms with Crippen molar-refractivity contribution in [1.82, 2.24) is 0 Å². The Morgan fingerprint density at radius 1 is 0.404 bits per heavy atom. The van der Waals surface area contributed by atoms with Gasteiger partial charge in [-0.3, -0.25) is 0 Å². The predicted molar refractivity (Wildman–Crippen MR) is 214 cm³/mol. The van der Waals surface area contributed by atoms with E-state index < -0.39 is 14.5 Å². The second-order valence-electron chi connectivity index (χ2n) is 18.3. The molecule has 274 valence electrons. The Morgan fingerprint density at radius 2 is 0.574 bits per heavy atom. The van der Waals surface area contributed by atoms with Gasteiger partial charge in [0.25, 0.3) is 0 Å². The summed E-state index contributed by atoms with van der Waals surface area (Å²) in [6, 6.07) is 0. The van der Waals surface area contributed by atoms with E-state index in [1.165, 1.54) is 38.5 Å². The van der Waals surface area contributed by atoms with Gasteiger partial charge in [-0.1, -0.05) is 59.3 Å². The van der Waals surface area contributed by atoms with Gasteiger partial charge in [-0.2, -0.15) is 0 Å². The van der Waals surface area contributed by atoms with Gasteiger partial charge in [-0.25, -0.2) is 0 Å². The van der Waals surface area contributed by atoms with Crippen molar-refractivity contribution in [3.63, 3.8) is 0 Å². The van der Waals surface area contributed by atoms with Crippen LogP contribution in [0.2, 0.25) is 0 Å². The molecule has 6 rings (SSSR count). The molecule has 6 aliphatic carbocycles. The number of hydrogen-bond acceptors (Lipinski definition) is 0. The average Bonchev–Trinajstić information content (AvgIpc) is 3.12. The van der Waals surface area contributed by atoms with Crippen molar-refractivity contribution < 1.29 is 15.1 Å². The molecule has 0 radical (unpaired) electrons. The van der Waals surface area contributed by atoms with Crippen LogP contribution in [0.3, 0.4) is 0 Å². The van der Waals surface area contributed by atoms with Gasteiger partial charge in [0.15, 0.2) is 0 Å². The van der Waals surface area contributed by atoms with Crippen molar-refractivity contribution in [3.8, 4) is 0 Å². The Hall–Kier alpha value is 1.80. The molecule has 0 aromatic rings. The Bertz CT molecular complexity index is 754. The summed E-state index contributed by atoms with van der Waals surface area (Å²) < 4.78 is 0. The molecule has 0 amide bonds. The molecule has 0 nitrogen and oxygen atoms in total. The molecule has 0 unspecified atom stereocenters. The molecule has 0 saturated heterocycles.